The minimum Gasteiger partial charge on any atom is -0.350 e. The zero-order valence-corrected chi connectivity index (χ0v) is 17.3. The van der Waals surface area contributed by atoms with Crippen molar-refractivity contribution in [3.63, 3.8) is 0 Å². The third kappa shape index (κ3) is 4.74. The van der Waals surface area contributed by atoms with Crippen molar-refractivity contribution in [1.29, 1.82) is 0 Å². The molecular formula is C21H21N3O5S. The molecule has 0 heterocycles. The first kappa shape index (κ1) is 21.3. The maximum absolute atomic E-state index is 12.7. The minimum atomic E-state index is -3.87. The Hall–Kier alpha value is -3.46. The van der Waals surface area contributed by atoms with E-state index in [1.165, 1.54) is 25.1 Å². The first-order valence-electron chi connectivity index (χ1n) is 9.16. The number of nitro benzene ring substituents is 1. The highest BCUT2D eigenvalue weighted by Gasteiger charge is 2.29. The van der Waals surface area contributed by atoms with E-state index in [1.807, 2.05) is 42.5 Å². The van der Waals surface area contributed by atoms with Gasteiger partial charge in [0, 0.05) is 18.7 Å². The number of nitro groups is 1. The monoisotopic (exact) mass is 427 g/mol. The van der Waals surface area contributed by atoms with Crippen molar-refractivity contribution in [3.8, 4) is 0 Å². The van der Waals surface area contributed by atoms with E-state index in [-0.39, 0.29) is 17.9 Å². The van der Waals surface area contributed by atoms with Gasteiger partial charge in [-0.1, -0.05) is 42.5 Å². The Morgan fingerprint density at radius 3 is 2.43 bits per heavy atom. The van der Waals surface area contributed by atoms with Gasteiger partial charge in [-0.05, 0) is 35.4 Å². The van der Waals surface area contributed by atoms with Crippen molar-refractivity contribution in [2.45, 2.75) is 19.5 Å². The van der Waals surface area contributed by atoms with Gasteiger partial charge in [0.15, 0.2) is 0 Å². The molecule has 30 heavy (non-hydrogen) atoms. The lowest BCUT2D eigenvalue weighted by Crippen LogP contribution is -2.47. The molecule has 3 aromatic rings. The number of sulfonamides is 1. The van der Waals surface area contributed by atoms with Gasteiger partial charge >= 0.3 is 0 Å². The van der Waals surface area contributed by atoms with Crippen LogP contribution < -0.4 is 9.62 Å². The average Bonchev–Trinajstić information content (AvgIpc) is 2.71. The number of amides is 1. The first-order chi connectivity index (χ1) is 14.2. The first-order valence-corrected chi connectivity index (χ1v) is 11.0. The summed E-state index contributed by atoms with van der Waals surface area (Å²) < 4.78 is 25.6. The lowest BCUT2D eigenvalue weighted by Gasteiger charge is -2.28. The van der Waals surface area contributed by atoms with Crippen molar-refractivity contribution in [2.24, 2.45) is 0 Å². The van der Waals surface area contributed by atoms with E-state index in [4.69, 9.17) is 0 Å². The number of carbonyl (C=O) groups excluding carboxylic acids is 1. The van der Waals surface area contributed by atoms with Gasteiger partial charge in [-0.25, -0.2) is 8.42 Å². The predicted octanol–water partition coefficient (Wildman–Crippen LogP) is 3.22. The Morgan fingerprint density at radius 2 is 1.77 bits per heavy atom. The molecule has 0 unspecified atom stereocenters. The lowest BCUT2D eigenvalue weighted by atomic mass is 10.1. The summed E-state index contributed by atoms with van der Waals surface area (Å²) in [6, 6.07) is 17.7. The smallest absolute Gasteiger partial charge is 0.271 e. The summed E-state index contributed by atoms with van der Waals surface area (Å²) >= 11 is 0. The van der Waals surface area contributed by atoms with Gasteiger partial charge < -0.3 is 5.32 Å². The number of nitrogens with one attached hydrogen (secondary N) is 1. The highest BCUT2D eigenvalue weighted by molar-refractivity contribution is 7.92. The minimum absolute atomic E-state index is 0.0556. The van der Waals surface area contributed by atoms with Crippen molar-refractivity contribution in [1.82, 2.24) is 5.32 Å². The second-order valence-electron chi connectivity index (χ2n) is 6.91. The van der Waals surface area contributed by atoms with Crippen LogP contribution >= 0.6 is 0 Å². The molecule has 156 valence electrons. The molecule has 0 bridgehead atoms. The third-order valence-electron chi connectivity index (χ3n) is 4.66. The summed E-state index contributed by atoms with van der Waals surface area (Å²) in [7, 11) is -3.87. The molecule has 0 aromatic heterocycles. The molecule has 0 saturated carbocycles. The fraction of sp³-hybridized carbons (Fsp3) is 0.190. The van der Waals surface area contributed by atoms with Crippen LogP contribution in [0.3, 0.4) is 0 Å². The van der Waals surface area contributed by atoms with Gasteiger partial charge in [0.25, 0.3) is 5.69 Å². The summed E-state index contributed by atoms with van der Waals surface area (Å²) in [6.07, 6.45) is 0.957. The van der Waals surface area contributed by atoms with E-state index in [2.05, 4.69) is 5.32 Å². The van der Waals surface area contributed by atoms with Crippen LogP contribution in [0.5, 0.6) is 0 Å². The highest BCUT2D eigenvalue weighted by atomic mass is 32.2. The van der Waals surface area contributed by atoms with Crippen molar-refractivity contribution in [3.05, 3.63) is 82.4 Å². The fourth-order valence-electron chi connectivity index (χ4n) is 3.24. The SMILES string of the molecule is C[C@@H](C(=O)NCc1ccc2ccccc2c1)N(c1cccc([N+](=O)[O-])c1)S(C)(=O)=O. The van der Waals surface area contributed by atoms with Crippen LogP contribution in [0.25, 0.3) is 10.8 Å². The van der Waals surface area contributed by atoms with E-state index in [0.29, 0.717) is 0 Å². The van der Waals surface area contributed by atoms with Crippen LogP contribution in [0.15, 0.2) is 66.7 Å². The Labute approximate surface area is 174 Å². The summed E-state index contributed by atoms with van der Waals surface area (Å²) in [4.78, 5) is 23.1. The lowest BCUT2D eigenvalue weighted by molar-refractivity contribution is -0.384. The van der Waals surface area contributed by atoms with E-state index in [1.54, 1.807) is 0 Å². The number of hydrogen-bond donors (Lipinski definition) is 1. The maximum Gasteiger partial charge on any atom is 0.271 e. The molecule has 0 aliphatic heterocycles. The third-order valence-corrected chi connectivity index (χ3v) is 5.91. The molecule has 9 heteroatoms. The molecule has 8 nitrogen and oxygen atoms in total. The molecule has 3 rings (SSSR count). The molecule has 1 amide bonds. The topological polar surface area (TPSA) is 110 Å². The predicted molar refractivity (Wildman–Crippen MR) is 116 cm³/mol. The molecule has 0 radical (unpaired) electrons. The van der Waals surface area contributed by atoms with Gasteiger partial charge in [-0.2, -0.15) is 0 Å². The fourth-order valence-corrected chi connectivity index (χ4v) is 4.40. The number of fused-ring (bicyclic) bond motifs is 1. The van der Waals surface area contributed by atoms with Crippen LogP contribution in [-0.4, -0.2) is 31.5 Å². The Kier molecular flexibility index (Phi) is 6.02. The summed E-state index contributed by atoms with van der Waals surface area (Å²) in [5.41, 5.74) is 0.667. The normalized spacial score (nSPS) is 12.3. The molecule has 1 N–H and O–H groups in total. The molecule has 0 spiro atoms. The number of rotatable bonds is 7. The van der Waals surface area contributed by atoms with Crippen molar-refractivity contribution >= 4 is 38.1 Å². The van der Waals surface area contributed by atoms with Gasteiger partial charge in [-0.3, -0.25) is 19.2 Å². The highest BCUT2D eigenvalue weighted by Crippen LogP contribution is 2.25. The van der Waals surface area contributed by atoms with E-state index < -0.39 is 26.9 Å². The summed E-state index contributed by atoms with van der Waals surface area (Å²) in [5, 5.41) is 15.9. The van der Waals surface area contributed by atoms with Gasteiger partial charge in [-0.15, -0.1) is 0 Å². The van der Waals surface area contributed by atoms with Gasteiger partial charge in [0.2, 0.25) is 15.9 Å². The molecular weight excluding hydrogens is 406 g/mol. The van der Waals surface area contributed by atoms with Gasteiger partial charge in [0.05, 0.1) is 16.9 Å². The second kappa shape index (κ2) is 8.50. The largest absolute Gasteiger partial charge is 0.350 e. The summed E-state index contributed by atoms with van der Waals surface area (Å²) in [6.45, 7) is 1.66. The zero-order valence-electron chi connectivity index (χ0n) is 16.5. The van der Waals surface area contributed by atoms with Crippen LogP contribution in [0.4, 0.5) is 11.4 Å². The molecule has 3 aromatic carbocycles. The van der Waals surface area contributed by atoms with Gasteiger partial charge in [0.1, 0.15) is 6.04 Å². The maximum atomic E-state index is 12.7. The van der Waals surface area contributed by atoms with Crippen LogP contribution in [0, 0.1) is 10.1 Å². The number of hydrogen-bond acceptors (Lipinski definition) is 5. The number of benzene rings is 3. The molecule has 0 fully saturated rings. The number of non-ortho nitro benzene ring substituents is 1. The van der Waals surface area contributed by atoms with Crippen molar-refractivity contribution < 1.29 is 18.1 Å². The second-order valence-corrected chi connectivity index (χ2v) is 8.77. The van der Waals surface area contributed by atoms with E-state index >= 15 is 0 Å². The Morgan fingerprint density at radius 1 is 1.07 bits per heavy atom. The average molecular weight is 427 g/mol. The summed E-state index contributed by atoms with van der Waals surface area (Å²) in [5.74, 6) is -0.514. The standard InChI is InChI=1S/C21H21N3O5S/c1-15(23(30(2,28)29)19-8-5-9-20(13-19)24(26)27)21(25)22-14-16-10-11-17-6-3-4-7-18(17)12-16/h3-13,15H,14H2,1-2H3,(H,22,25)/t15-/m0/s1. The quantitative estimate of drug-likeness (QED) is 0.460. The van der Waals surface area contributed by atoms with Crippen molar-refractivity contribution in [2.75, 3.05) is 10.6 Å². The number of anilines is 1. The Bertz CT molecular complexity index is 1210. The number of carbonyl (C=O) groups is 1. The Balaban J connectivity index is 1.80. The molecule has 0 aliphatic carbocycles. The molecule has 0 saturated heterocycles. The van der Waals surface area contributed by atoms with Crippen LogP contribution in [-0.2, 0) is 21.4 Å². The molecule has 0 aliphatic rings. The number of nitrogens with zero attached hydrogens (tertiary/aromatic N) is 2. The molecule has 1 atom stereocenters. The van der Waals surface area contributed by atoms with Crippen LogP contribution in [0.2, 0.25) is 0 Å². The van der Waals surface area contributed by atoms with E-state index in [9.17, 15) is 23.3 Å². The zero-order chi connectivity index (χ0) is 21.9. The van der Waals surface area contributed by atoms with Crippen LogP contribution in [0.1, 0.15) is 12.5 Å². The van der Waals surface area contributed by atoms with E-state index in [0.717, 1.165) is 33.0 Å².